The van der Waals surface area contributed by atoms with Crippen molar-refractivity contribution in [1.82, 2.24) is 10.2 Å². The van der Waals surface area contributed by atoms with Crippen LogP contribution in [-0.4, -0.2) is 29.3 Å². The summed E-state index contributed by atoms with van der Waals surface area (Å²) in [7, 11) is 0. The second-order valence-electron chi connectivity index (χ2n) is 7.11. The van der Waals surface area contributed by atoms with Gasteiger partial charge in [-0.05, 0) is 49.9 Å². The van der Waals surface area contributed by atoms with E-state index in [-0.39, 0.29) is 11.9 Å². The van der Waals surface area contributed by atoms with E-state index in [2.05, 4.69) is 34.2 Å². The van der Waals surface area contributed by atoms with Gasteiger partial charge in [-0.25, -0.2) is 4.39 Å². The number of benzene rings is 2. The standard InChI is InChI=1S/C21H23FN4/c1-14(23)15-10-12-26(13-11-15)21-19-5-3-2-4-18(19)20(24-25-21)16-6-8-17(22)9-7-16/h2-9,14-15H,10-13,23H2,1H3. The minimum absolute atomic E-state index is 0.237. The molecule has 2 N–H and O–H groups in total. The molecule has 4 nitrogen and oxygen atoms in total. The fourth-order valence-electron chi connectivity index (χ4n) is 3.78. The van der Waals surface area contributed by atoms with E-state index in [0.717, 1.165) is 53.8 Å². The predicted octanol–water partition coefficient (Wildman–Crippen LogP) is 4.00. The van der Waals surface area contributed by atoms with Crippen LogP contribution in [0.2, 0.25) is 0 Å². The molecule has 0 amide bonds. The molecular weight excluding hydrogens is 327 g/mol. The number of rotatable bonds is 3. The summed E-state index contributed by atoms with van der Waals surface area (Å²) in [5, 5.41) is 11.2. The van der Waals surface area contributed by atoms with Gasteiger partial charge in [-0.15, -0.1) is 10.2 Å². The lowest BCUT2D eigenvalue weighted by Crippen LogP contribution is -2.40. The molecule has 2 heterocycles. The zero-order valence-electron chi connectivity index (χ0n) is 14.9. The molecule has 0 radical (unpaired) electrons. The molecule has 1 aliphatic heterocycles. The SMILES string of the molecule is CC(N)C1CCN(c2nnc(-c3ccc(F)cc3)c3ccccc23)CC1. The van der Waals surface area contributed by atoms with Crippen molar-refractivity contribution in [3.63, 3.8) is 0 Å². The van der Waals surface area contributed by atoms with Crippen LogP contribution in [0.3, 0.4) is 0 Å². The first kappa shape index (κ1) is 16.9. The summed E-state index contributed by atoms with van der Waals surface area (Å²) in [6.45, 7) is 3.98. The fraction of sp³-hybridized carbons (Fsp3) is 0.333. The van der Waals surface area contributed by atoms with Gasteiger partial charge in [0.2, 0.25) is 0 Å². The van der Waals surface area contributed by atoms with Crippen LogP contribution in [-0.2, 0) is 0 Å². The molecule has 1 aliphatic rings. The third-order valence-corrected chi connectivity index (χ3v) is 5.37. The molecule has 4 rings (SSSR count). The molecule has 1 atom stereocenters. The highest BCUT2D eigenvalue weighted by atomic mass is 19.1. The second kappa shape index (κ2) is 7.00. The van der Waals surface area contributed by atoms with Crippen molar-refractivity contribution in [2.75, 3.05) is 18.0 Å². The van der Waals surface area contributed by atoms with Gasteiger partial charge in [-0.1, -0.05) is 24.3 Å². The molecule has 26 heavy (non-hydrogen) atoms. The Morgan fingerprint density at radius 3 is 2.31 bits per heavy atom. The number of nitrogens with two attached hydrogens (primary N) is 1. The zero-order chi connectivity index (χ0) is 18.1. The Labute approximate surface area is 152 Å². The predicted molar refractivity (Wildman–Crippen MR) is 104 cm³/mol. The number of fused-ring (bicyclic) bond motifs is 1. The first-order valence-corrected chi connectivity index (χ1v) is 9.15. The minimum atomic E-state index is -0.250. The van der Waals surface area contributed by atoms with Gasteiger partial charge < -0.3 is 10.6 Å². The maximum Gasteiger partial charge on any atom is 0.159 e. The van der Waals surface area contributed by atoms with E-state index in [9.17, 15) is 4.39 Å². The monoisotopic (exact) mass is 350 g/mol. The van der Waals surface area contributed by atoms with Gasteiger partial charge in [-0.2, -0.15) is 0 Å². The average molecular weight is 350 g/mol. The fourth-order valence-corrected chi connectivity index (χ4v) is 3.78. The normalized spacial score (nSPS) is 16.8. The van der Waals surface area contributed by atoms with Crippen LogP contribution in [0.1, 0.15) is 19.8 Å². The summed E-state index contributed by atoms with van der Waals surface area (Å²) < 4.78 is 13.3. The van der Waals surface area contributed by atoms with Crippen LogP contribution in [0.25, 0.3) is 22.0 Å². The van der Waals surface area contributed by atoms with Gasteiger partial charge in [0.05, 0.1) is 0 Å². The number of anilines is 1. The van der Waals surface area contributed by atoms with Crippen molar-refractivity contribution in [2.45, 2.75) is 25.8 Å². The van der Waals surface area contributed by atoms with Crippen LogP contribution in [0.15, 0.2) is 48.5 Å². The Morgan fingerprint density at radius 1 is 1.00 bits per heavy atom. The smallest absolute Gasteiger partial charge is 0.159 e. The Kier molecular flexibility index (Phi) is 4.55. The topological polar surface area (TPSA) is 55.0 Å². The molecule has 2 aromatic carbocycles. The quantitative estimate of drug-likeness (QED) is 0.776. The maximum atomic E-state index is 13.3. The highest BCUT2D eigenvalue weighted by molar-refractivity contribution is 6.00. The number of hydrogen-bond acceptors (Lipinski definition) is 4. The third-order valence-electron chi connectivity index (χ3n) is 5.37. The van der Waals surface area contributed by atoms with Crippen LogP contribution in [0.5, 0.6) is 0 Å². The number of hydrogen-bond donors (Lipinski definition) is 1. The highest BCUT2D eigenvalue weighted by Crippen LogP contribution is 2.33. The van der Waals surface area contributed by atoms with E-state index in [4.69, 9.17) is 5.73 Å². The zero-order valence-corrected chi connectivity index (χ0v) is 14.9. The maximum absolute atomic E-state index is 13.3. The van der Waals surface area contributed by atoms with E-state index in [1.165, 1.54) is 12.1 Å². The third kappa shape index (κ3) is 3.15. The summed E-state index contributed by atoms with van der Waals surface area (Å²) in [6, 6.07) is 14.8. The molecule has 1 unspecified atom stereocenters. The lowest BCUT2D eigenvalue weighted by molar-refractivity contribution is 0.353. The summed E-state index contributed by atoms with van der Waals surface area (Å²) in [6.07, 6.45) is 2.15. The minimum Gasteiger partial charge on any atom is -0.355 e. The summed E-state index contributed by atoms with van der Waals surface area (Å²) in [4.78, 5) is 2.31. The average Bonchev–Trinajstić information content (AvgIpc) is 2.68. The van der Waals surface area contributed by atoms with E-state index in [1.54, 1.807) is 12.1 Å². The van der Waals surface area contributed by atoms with Crippen LogP contribution in [0.4, 0.5) is 10.2 Å². The number of halogens is 1. The largest absolute Gasteiger partial charge is 0.355 e. The molecule has 0 saturated carbocycles. The van der Waals surface area contributed by atoms with Crippen LogP contribution < -0.4 is 10.6 Å². The highest BCUT2D eigenvalue weighted by Gasteiger charge is 2.24. The van der Waals surface area contributed by atoms with Crippen LogP contribution >= 0.6 is 0 Å². The van der Waals surface area contributed by atoms with Crippen molar-refractivity contribution >= 4 is 16.6 Å². The van der Waals surface area contributed by atoms with Crippen molar-refractivity contribution < 1.29 is 4.39 Å². The number of aromatic nitrogens is 2. The molecule has 134 valence electrons. The van der Waals surface area contributed by atoms with E-state index in [1.807, 2.05) is 12.1 Å². The lowest BCUT2D eigenvalue weighted by Gasteiger charge is -2.34. The Morgan fingerprint density at radius 2 is 1.65 bits per heavy atom. The van der Waals surface area contributed by atoms with Gasteiger partial charge in [0.15, 0.2) is 5.82 Å². The summed E-state index contributed by atoms with van der Waals surface area (Å²) >= 11 is 0. The first-order chi connectivity index (χ1) is 12.6. The molecule has 0 spiro atoms. The molecule has 0 aliphatic carbocycles. The Bertz CT molecular complexity index is 900. The summed E-state index contributed by atoms with van der Waals surface area (Å²) in [5.74, 6) is 1.25. The van der Waals surface area contributed by atoms with Gasteiger partial charge in [0.1, 0.15) is 11.5 Å². The Hall–Kier alpha value is -2.53. The number of nitrogens with zero attached hydrogens (tertiary/aromatic N) is 3. The van der Waals surface area contributed by atoms with Crippen molar-refractivity contribution in [3.05, 3.63) is 54.3 Å². The van der Waals surface area contributed by atoms with Crippen molar-refractivity contribution in [3.8, 4) is 11.3 Å². The van der Waals surface area contributed by atoms with E-state index < -0.39 is 0 Å². The van der Waals surface area contributed by atoms with Gasteiger partial charge >= 0.3 is 0 Å². The summed E-state index contributed by atoms with van der Waals surface area (Å²) in [5.41, 5.74) is 7.72. The van der Waals surface area contributed by atoms with Crippen molar-refractivity contribution in [1.29, 1.82) is 0 Å². The van der Waals surface area contributed by atoms with Gasteiger partial charge in [0, 0.05) is 35.5 Å². The molecular formula is C21H23FN4. The van der Waals surface area contributed by atoms with Gasteiger partial charge in [0.25, 0.3) is 0 Å². The molecule has 3 aromatic rings. The van der Waals surface area contributed by atoms with Crippen LogP contribution in [0, 0.1) is 11.7 Å². The van der Waals surface area contributed by atoms with E-state index in [0.29, 0.717) is 5.92 Å². The first-order valence-electron chi connectivity index (χ1n) is 9.15. The molecule has 5 heteroatoms. The molecule has 1 fully saturated rings. The van der Waals surface area contributed by atoms with Gasteiger partial charge in [-0.3, -0.25) is 0 Å². The molecule has 1 saturated heterocycles. The van der Waals surface area contributed by atoms with Crippen molar-refractivity contribution in [2.24, 2.45) is 11.7 Å². The lowest BCUT2D eigenvalue weighted by atomic mass is 9.91. The Balaban J connectivity index is 1.72. The molecule has 1 aromatic heterocycles. The second-order valence-corrected chi connectivity index (χ2v) is 7.11. The molecule has 0 bridgehead atoms. The number of piperidine rings is 1. The van der Waals surface area contributed by atoms with E-state index >= 15 is 0 Å².